The number of alkyl halides is 2. The summed E-state index contributed by atoms with van der Waals surface area (Å²) in [7, 11) is 0. The van der Waals surface area contributed by atoms with Crippen molar-refractivity contribution in [1.82, 2.24) is 0 Å². The first kappa shape index (κ1) is 21.0. The average molecular weight is 415 g/mol. The van der Waals surface area contributed by atoms with E-state index in [-0.39, 0.29) is 27.7 Å². The van der Waals surface area contributed by atoms with Gasteiger partial charge in [0, 0.05) is 17.8 Å². The van der Waals surface area contributed by atoms with Crippen LogP contribution in [0.2, 0.25) is 5.02 Å². The number of anilines is 1. The minimum absolute atomic E-state index is 0.0922. The topological polar surface area (TPSA) is 108 Å². The van der Waals surface area contributed by atoms with Gasteiger partial charge < -0.3 is 14.8 Å². The number of ether oxygens (including phenoxy) is 2. The molecule has 0 bridgehead atoms. The Balaban J connectivity index is 2.01. The molecular weight excluding hydrogens is 402 g/mol. The predicted molar refractivity (Wildman–Crippen MR) is 94.7 cm³/mol. The first-order valence-corrected chi connectivity index (χ1v) is 8.06. The van der Waals surface area contributed by atoms with Crippen molar-refractivity contribution in [3.8, 4) is 5.75 Å². The van der Waals surface area contributed by atoms with Gasteiger partial charge in [-0.2, -0.15) is 8.78 Å². The van der Waals surface area contributed by atoms with Crippen molar-refractivity contribution < 1.29 is 32.8 Å². The molecule has 0 fully saturated rings. The number of amides is 1. The fraction of sp³-hybridized carbons (Fsp3) is 0.176. The van der Waals surface area contributed by atoms with E-state index < -0.39 is 29.5 Å². The summed E-state index contributed by atoms with van der Waals surface area (Å²) < 4.78 is 33.6. The number of nitrogens with zero attached hydrogens (tertiary/aromatic N) is 1. The maximum absolute atomic E-state index is 12.2. The van der Waals surface area contributed by atoms with Gasteiger partial charge in [0.05, 0.1) is 15.5 Å². The van der Waals surface area contributed by atoms with Crippen molar-refractivity contribution in [3.05, 3.63) is 63.2 Å². The third kappa shape index (κ3) is 5.61. The number of esters is 1. The molecule has 1 atom stereocenters. The number of hydrogen-bond acceptors (Lipinski definition) is 6. The van der Waals surface area contributed by atoms with E-state index in [2.05, 4.69) is 10.1 Å². The SMILES string of the molecule is CC(OC(=O)c1cccc([N+](=O)[O-])c1)C(=O)Nc1ccc(OC(F)F)c(Cl)c1. The van der Waals surface area contributed by atoms with Crippen LogP contribution in [-0.2, 0) is 9.53 Å². The van der Waals surface area contributed by atoms with Crippen molar-refractivity contribution in [3.63, 3.8) is 0 Å². The van der Waals surface area contributed by atoms with E-state index in [1.165, 1.54) is 37.3 Å². The summed E-state index contributed by atoms with van der Waals surface area (Å²) in [5.74, 6) is -1.91. The summed E-state index contributed by atoms with van der Waals surface area (Å²) in [5.41, 5.74) is -0.229. The fourth-order valence-corrected chi connectivity index (χ4v) is 2.27. The van der Waals surface area contributed by atoms with E-state index in [1.807, 2.05) is 0 Å². The third-order valence-corrected chi connectivity index (χ3v) is 3.66. The second-order valence-electron chi connectivity index (χ2n) is 5.37. The quantitative estimate of drug-likeness (QED) is 0.416. The summed E-state index contributed by atoms with van der Waals surface area (Å²) in [5, 5.41) is 13.0. The number of rotatable bonds is 7. The standard InChI is InChI=1S/C17H13ClF2N2O6/c1-9(27-16(24)10-3-2-4-12(7-10)22(25)26)15(23)21-11-5-6-14(13(18)8-11)28-17(19)20/h2-9,17H,1H3,(H,21,23). The van der Waals surface area contributed by atoms with Crippen LogP contribution in [0.4, 0.5) is 20.2 Å². The molecule has 0 aromatic heterocycles. The molecule has 0 aliphatic rings. The van der Waals surface area contributed by atoms with Crippen LogP contribution >= 0.6 is 11.6 Å². The molecule has 28 heavy (non-hydrogen) atoms. The van der Waals surface area contributed by atoms with E-state index in [0.717, 1.165) is 12.1 Å². The van der Waals surface area contributed by atoms with Crippen LogP contribution in [-0.4, -0.2) is 29.5 Å². The number of benzene rings is 2. The molecule has 2 aromatic carbocycles. The normalized spacial score (nSPS) is 11.6. The zero-order valence-corrected chi connectivity index (χ0v) is 15.0. The Morgan fingerprint density at radius 2 is 1.93 bits per heavy atom. The van der Waals surface area contributed by atoms with Crippen LogP contribution in [0.5, 0.6) is 5.75 Å². The summed E-state index contributed by atoms with van der Waals surface area (Å²) in [6.45, 7) is -1.76. The molecule has 2 rings (SSSR count). The van der Waals surface area contributed by atoms with E-state index in [1.54, 1.807) is 0 Å². The number of carbonyl (C=O) groups is 2. The van der Waals surface area contributed by atoms with Crippen LogP contribution < -0.4 is 10.1 Å². The highest BCUT2D eigenvalue weighted by atomic mass is 35.5. The Kier molecular flexibility index (Phi) is 6.83. The molecule has 11 heteroatoms. The first-order chi connectivity index (χ1) is 13.2. The largest absolute Gasteiger partial charge is 0.449 e. The molecule has 8 nitrogen and oxygen atoms in total. The molecule has 0 saturated heterocycles. The van der Waals surface area contributed by atoms with Crippen LogP contribution in [0.3, 0.4) is 0 Å². The number of nitro benzene ring substituents is 1. The van der Waals surface area contributed by atoms with Gasteiger partial charge in [-0.1, -0.05) is 17.7 Å². The lowest BCUT2D eigenvalue weighted by atomic mass is 10.2. The second kappa shape index (κ2) is 9.09. The zero-order chi connectivity index (χ0) is 20.8. The Bertz CT molecular complexity index is 909. The Hall–Kier alpha value is -3.27. The van der Waals surface area contributed by atoms with Crippen molar-refractivity contribution in [2.24, 2.45) is 0 Å². The van der Waals surface area contributed by atoms with Gasteiger partial charge in [-0.15, -0.1) is 0 Å². The molecular formula is C17H13ClF2N2O6. The molecule has 0 aliphatic carbocycles. The maximum Gasteiger partial charge on any atom is 0.387 e. The molecule has 1 N–H and O–H groups in total. The Labute approximate surface area is 162 Å². The molecule has 0 aliphatic heterocycles. The number of non-ortho nitro benzene ring substituents is 1. The average Bonchev–Trinajstić information content (AvgIpc) is 2.63. The molecule has 148 valence electrons. The number of hydrogen-bond donors (Lipinski definition) is 1. The van der Waals surface area contributed by atoms with E-state index in [9.17, 15) is 28.5 Å². The van der Waals surface area contributed by atoms with E-state index in [0.29, 0.717) is 0 Å². The Morgan fingerprint density at radius 1 is 1.21 bits per heavy atom. The smallest absolute Gasteiger partial charge is 0.387 e. The lowest BCUT2D eigenvalue weighted by Gasteiger charge is -2.14. The predicted octanol–water partition coefficient (Wildman–Crippen LogP) is 4.03. The summed E-state index contributed by atoms with van der Waals surface area (Å²) in [4.78, 5) is 34.3. The van der Waals surface area contributed by atoms with Gasteiger partial charge in [-0.3, -0.25) is 14.9 Å². The van der Waals surface area contributed by atoms with Crippen molar-refractivity contribution in [1.29, 1.82) is 0 Å². The highest BCUT2D eigenvalue weighted by Crippen LogP contribution is 2.29. The highest BCUT2D eigenvalue weighted by molar-refractivity contribution is 6.32. The van der Waals surface area contributed by atoms with Gasteiger partial charge in [0.2, 0.25) is 0 Å². The number of carbonyl (C=O) groups excluding carboxylic acids is 2. The molecule has 2 aromatic rings. The van der Waals surface area contributed by atoms with E-state index in [4.69, 9.17) is 16.3 Å². The minimum Gasteiger partial charge on any atom is -0.449 e. The Morgan fingerprint density at radius 3 is 2.54 bits per heavy atom. The molecule has 1 amide bonds. The van der Waals surface area contributed by atoms with Gasteiger partial charge in [-0.05, 0) is 31.2 Å². The third-order valence-electron chi connectivity index (χ3n) is 3.36. The van der Waals surface area contributed by atoms with Crippen LogP contribution in [0.25, 0.3) is 0 Å². The summed E-state index contributed by atoms with van der Waals surface area (Å²) in [6, 6.07) is 8.45. The van der Waals surface area contributed by atoms with Crippen molar-refractivity contribution in [2.75, 3.05) is 5.32 Å². The van der Waals surface area contributed by atoms with Crippen molar-refractivity contribution >= 4 is 34.9 Å². The maximum atomic E-state index is 12.2. The van der Waals surface area contributed by atoms with Gasteiger partial charge in [0.15, 0.2) is 6.10 Å². The number of nitro groups is 1. The van der Waals surface area contributed by atoms with E-state index >= 15 is 0 Å². The molecule has 1 unspecified atom stereocenters. The van der Waals surface area contributed by atoms with Gasteiger partial charge >= 0.3 is 12.6 Å². The van der Waals surface area contributed by atoms with Gasteiger partial charge in [0.25, 0.3) is 11.6 Å². The summed E-state index contributed by atoms with van der Waals surface area (Å²) in [6.07, 6.45) is -1.25. The fourth-order valence-electron chi connectivity index (χ4n) is 2.04. The van der Waals surface area contributed by atoms with Crippen LogP contribution in [0.15, 0.2) is 42.5 Å². The number of halogens is 3. The van der Waals surface area contributed by atoms with Crippen LogP contribution in [0.1, 0.15) is 17.3 Å². The zero-order valence-electron chi connectivity index (χ0n) is 14.2. The van der Waals surface area contributed by atoms with Gasteiger partial charge in [-0.25, -0.2) is 4.79 Å². The van der Waals surface area contributed by atoms with Crippen molar-refractivity contribution in [2.45, 2.75) is 19.6 Å². The summed E-state index contributed by atoms with van der Waals surface area (Å²) >= 11 is 5.79. The van der Waals surface area contributed by atoms with Crippen LogP contribution in [0, 0.1) is 10.1 Å². The van der Waals surface area contributed by atoms with Gasteiger partial charge in [0.1, 0.15) is 5.75 Å². The first-order valence-electron chi connectivity index (χ1n) is 7.68. The monoisotopic (exact) mass is 414 g/mol. The minimum atomic E-state index is -3.05. The second-order valence-corrected chi connectivity index (χ2v) is 5.78. The molecule has 0 radical (unpaired) electrons. The molecule has 0 spiro atoms. The lowest BCUT2D eigenvalue weighted by molar-refractivity contribution is -0.384. The highest BCUT2D eigenvalue weighted by Gasteiger charge is 2.21. The lowest BCUT2D eigenvalue weighted by Crippen LogP contribution is -2.30. The molecule has 0 saturated carbocycles. The number of nitrogens with one attached hydrogen (secondary N) is 1. The molecule has 0 heterocycles.